The van der Waals surface area contributed by atoms with Gasteiger partial charge >= 0.3 is 0 Å². The van der Waals surface area contributed by atoms with Crippen LogP contribution in [0.2, 0.25) is 0 Å². The molecule has 0 bridgehead atoms. The number of unbranched alkanes of at least 4 members (excludes halogenated alkanes) is 2. The Hall–Kier alpha value is 0.360. The van der Waals surface area contributed by atoms with Crippen molar-refractivity contribution in [2.24, 2.45) is 0 Å². The fraction of sp³-hybridized carbons (Fsp3) is 0.429. The van der Waals surface area contributed by atoms with Crippen molar-refractivity contribution in [3.05, 3.63) is 56.5 Å². The fourth-order valence-corrected chi connectivity index (χ4v) is 5.66. The molecular formula is C21H22Br4. The molecule has 0 saturated heterocycles. The first-order chi connectivity index (χ1) is 12.1. The van der Waals surface area contributed by atoms with Gasteiger partial charge in [-0.05, 0) is 72.2 Å². The van der Waals surface area contributed by atoms with E-state index in [1.165, 1.54) is 69.7 Å². The summed E-state index contributed by atoms with van der Waals surface area (Å²) in [7, 11) is 0. The van der Waals surface area contributed by atoms with Crippen molar-refractivity contribution < 1.29 is 0 Å². The Morgan fingerprint density at radius 3 is 1.48 bits per heavy atom. The summed E-state index contributed by atoms with van der Waals surface area (Å²) < 4.78 is 2.37. The van der Waals surface area contributed by atoms with E-state index >= 15 is 0 Å². The summed E-state index contributed by atoms with van der Waals surface area (Å²) in [4.78, 5) is 0. The monoisotopic (exact) mass is 590 g/mol. The van der Waals surface area contributed by atoms with Crippen LogP contribution < -0.4 is 0 Å². The maximum atomic E-state index is 3.72. The lowest BCUT2D eigenvalue weighted by Gasteiger charge is -2.33. The molecule has 0 radical (unpaired) electrons. The molecule has 0 unspecified atom stereocenters. The molecule has 0 fully saturated rings. The number of hydrogen-bond donors (Lipinski definition) is 0. The number of rotatable bonds is 8. The van der Waals surface area contributed by atoms with Crippen LogP contribution in [0.15, 0.2) is 45.3 Å². The van der Waals surface area contributed by atoms with Crippen LogP contribution in [0.5, 0.6) is 0 Å². The van der Waals surface area contributed by atoms with E-state index in [4.69, 9.17) is 0 Å². The molecule has 1 aliphatic carbocycles. The summed E-state index contributed by atoms with van der Waals surface area (Å²) in [6.45, 7) is 0. The van der Waals surface area contributed by atoms with Crippen molar-refractivity contribution in [2.75, 3.05) is 10.7 Å². The lowest BCUT2D eigenvalue weighted by Crippen LogP contribution is -2.25. The molecule has 0 atom stereocenters. The lowest BCUT2D eigenvalue weighted by molar-refractivity contribution is 0.416. The highest BCUT2D eigenvalue weighted by atomic mass is 79.9. The van der Waals surface area contributed by atoms with Gasteiger partial charge in [-0.15, -0.1) is 0 Å². The second kappa shape index (κ2) is 9.03. The van der Waals surface area contributed by atoms with Gasteiger partial charge in [0.25, 0.3) is 0 Å². The minimum atomic E-state index is 0.141. The fourth-order valence-electron chi connectivity index (χ4n) is 4.15. The average molecular weight is 594 g/mol. The van der Waals surface area contributed by atoms with E-state index in [1.54, 1.807) is 0 Å². The zero-order valence-electron chi connectivity index (χ0n) is 14.1. The number of fused-ring (bicyclic) bond motifs is 3. The molecule has 0 saturated carbocycles. The van der Waals surface area contributed by atoms with Gasteiger partial charge in [0.2, 0.25) is 0 Å². The molecule has 0 N–H and O–H groups in total. The van der Waals surface area contributed by atoms with E-state index in [2.05, 4.69) is 100 Å². The normalized spacial score (nSPS) is 14.4. The molecule has 0 aliphatic heterocycles. The number of alkyl halides is 2. The van der Waals surface area contributed by atoms with Gasteiger partial charge in [-0.3, -0.25) is 0 Å². The molecule has 0 aromatic heterocycles. The van der Waals surface area contributed by atoms with Crippen LogP contribution in [0.4, 0.5) is 0 Å². The maximum absolute atomic E-state index is 3.72. The average Bonchev–Trinajstić information content (AvgIpc) is 2.85. The maximum Gasteiger partial charge on any atom is 0.0216 e. The Balaban J connectivity index is 2.13. The van der Waals surface area contributed by atoms with Crippen LogP contribution in [0.25, 0.3) is 11.1 Å². The minimum Gasteiger partial charge on any atom is -0.0928 e. The van der Waals surface area contributed by atoms with E-state index in [0.29, 0.717) is 0 Å². The van der Waals surface area contributed by atoms with E-state index < -0.39 is 0 Å². The van der Waals surface area contributed by atoms with Crippen molar-refractivity contribution in [1.29, 1.82) is 0 Å². The minimum absolute atomic E-state index is 0.141. The Morgan fingerprint density at radius 1 is 0.640 bits per heavy atom. The van der Waals surface area contributed by atoms with Crippen LogP contribution in [-0.4, -0.2) is 10.7 Å². The Kier molecular flexibility index (Phi) is 7.26. The van der Waals surface area contributed by atoms with Gasteiger partial charge in [-0.1, -0.05) is 88.7 Å². The smallest absolute Gasteiger partial charge is 0.0216 e. The highest BCUT2D eigenvalue weighted by Crippen LogP contribution is 2.55. The van der Waals surface area contributed by atoms with Gasteiger partial charge in [0.15, 0.2) is 0 Å². The van der Waals surface area contributed by atoms with Crippen molar-refractivity contribution >= 4 is 63.7 Å². The summed E-state index contributed by atoms with van der Waals surface area (Å²) in [5, 5.41) is 2.17. The second-order valence-corrected chi connectivity index (χ2v) is 10.2. The topological polar surface area (TPSA) is 0 Å². The molecule has 0 amide bonds. The molecule has 4 heteroatoms. The van der Waals surface area contributed by atoms with Gasteiger partial charge in [0.05, 0.1) is 0 Å². The van der Waals surface area contributed by atoms with Crippen molar-refractivity contribution in [3.63, 3.8) is 0 Å². The van der Waals surface area contributed by atoms with E-state index in [1.807, 2.05) is 0 Å². The highest BCUT2D eigenvalue weighted by Gasteiger charge is 2.42. The summed E-state index contributed by atoms with van der Waals surface area (Å²) in [5.41, 5.74) is 6.01. The van der Waals surface area contributed by atoms with Crippen LogP contribution in [0.3, 0.4) is 0 Å². The summed E-state index contributed by atoms with van der Waals surface area (Å²) >= 11 is 14.6. The molecule has 1 aliphatic rings. The first-order valence-corrected chi connectivity index (χ1v) is 12.7. The van der Waals surface area contributed by atoms with Gasteiger partial charge in [0, 0.05) is 25.0 Å². The third-order valence-corrected chi connectivity index (χ3v) is 7.37. The number of halogens is 4. The van der Waals surface area contributed by atoms with Crippen molar-refractivity contribution in [1.82, 2.24) is 0 Å². The van der Waals surface area contributed by atoms with E-state index in [-0.39, 0.29) is 5.41 Å². The quantitative estimate of drug-likeness (QED) is 0.212. The highest BCUT2D eigenvalue weighted by molar-refractivity contribution is 9.11. The predicted octanol–water partition coefficient (Wildman–Crippen LogP) is 8.61. The third kappa shape index (κ3) is 4.12. The van der Waals surface area contributed by atoms with E-state index in [9.17, 15) is 0 Å². The molecule has 134 valence electrons. The largest absolute Gasteiger partial charge is 0.0928 e. The predicted molar refractivity (Wildman–Crippen MR) is 123 cm³/mol. The Morgan fingerprint density at radius 2 is 1.08 bits per heavy atom. The Bertz CT molecular complexity index is 675. The van der Waals surface area contributed by atoms with Gasteiger partial charge in [-0.2, -0.15) is 0 Å². The van der Waals surface area contributed by atoms with Crippen LogP contribution >= 0.6 is 63.7 Å². The second-order valence-electron chi connectivity index (χ2n) is 6.75. The molecular weight excluding hydrogens is 572 g/mol. The van der Waals surface area contributed by atoms with E-state index in [0.717, 1.165) is 10.7 Å². The molecule has 2 aromatic carbocycles. The number of hydrogen-bond acceptors (Lipinski definition) is 0. The zero-order valence-corrected chi connectivity index (χ0v) is 20.5. The van der Waals surface area contributed by atoms with Gasteiger partial charge in [-0.25, -0.2) is 0 Å². The summed E-state index contributed by atoms with van der Waals surface area (Å²) in [5.74, 6) is 0. The molecule has 3 rings (SSSR count). The first kappa shape index (κ1) is 20.1. The molecule has 0 spiro atoms. The summed E-state index contributed by atoms with van der Waals surface area (Å²) in [6, 6.07) is 13.7. The molecule has 25 heavy (non-hydrogen) atoms. The molecule has 2 aromatic rings. The van der Waals surface area contributed by atoms with Crippen LogP contribution in [0.1, 0.15) is 49.7 Å². The first-order valence-electron chi connectivity index (χ1n) is 8.85. The molecule has 0 nitrogen and oxygen atoms in total. The standard InChI is InChI=1S/C21H22Br4/c22-11-3-1-9-21(10-2-4-12-23)19-13-15(24)5-7-17(19)18-8-6-16(25)14-20(18)21/h5-8,13-14H,1-4,9-12H2. The lowest BCUT2D eigenvalue weighted by atomic mass is 9.71. The van der Waals surface area contributed by atoms with Crippen molar-refractivity contribution in [3.8, 4) is 11.1 Å². The van der Waals surface area contributed by atoms with Crippen LogP contribution in [-0.2, 0) is 5.41 Å². The zero-order chi connectivity index (χ0) is 17.9. The Labute approximate surface area is 184 Å². The number of benzene rings is 2. The third-order valence-electron chi connectivity index (χ3n) is 5.26. The van der Waals surface area contributed by atoms with Crippen LogP contribution in [0, 0.1) is 0 Å². The summed E-state index contributed by atoms with van der Waals surface area (Å²) in [6.07, 6.45) is 7.39. The van der Waals surface area contributed by atoms with Crippen molar-refractivity contribution in [2.45, 2.75) is 43.9 Å². The molecule has 0 heterocycles. The SMILES string of the molecule is BrCCCCC1(CCCCBr)c2cc(Br)ccc2-c2ccc(Br)cc21. The van der Waals surface area contributed by atoms with Gasteiger partial charge < -0.3 is 0 Å². The van der Waals surface area contributed by atoms with Gasteiger partial charge in [0.1, 0.15) is 0 Å².